The zero-order chi connectivity index (χ0) is 16.4. The van der Waals surface area contributed by atoms with Gasteiger partial charge in [-0.1, -0.05) is 5.16 Å². The molecule has 8 heteroatoms. The number of hydrogen-bond donors (Lipinski definition) is 2. The van der Waals surface area contributed by atoms with Crippen molar-refractivity contribution < 1.29 is 14.0 Å². The molecule has 1 fully saturated rings. The van der Waals surface area contributed by atoms with Gasteiger partial charge in [-0.05, 0) is 25.0 Å². The van der Waals surface area contributed by atoms with E-state index in [1.54, 1.807) is 0 Å². The summed E-state index contributed by atoms with van der Waals surface area (Å²) in [4.78, 5) is 8.55. The van der Waals surface area contributed by atoms with Crippen LogP contribution in [0, 0.1) is 0 Å². The number of guanidine groups is 1. The lowest BCUT2D eigenvalue weighted by atomic mass is 10.3. The van der Waals surface area contributed by atoms with Crippen LogP contribution in [0.5, 0.6) is 11.5 Å². The van der Waals surface area contributed by atoms with Gasteiger partial charge in [-0.25, -0.2) is 4.99 Å². The Morgan fingerprint density at radius 3 is 2.92 bits per heavy atom. The van der Waals surface area contributed by atoms with E-state index in [1.165, 1.54) is 0 Å². The third kappa shape index (κ3) is 3.42. The number of ether oxygens (including phenoxy) is 2. The van der Waals surface area contributed by atoms with Gasteiger partial charge >= 0.3 is 0 Å². The summed E-state index contributed by atoms with van der Waals surface area (Å²) in [6, 6.07) is 5.58. The molecule has 8 nitrogen and oxygen atoms in total. The Labute approximate surface area is 139 Å². The van der Waals surface area contributed by atoms with Crippen molar-refractivity contribution in [3.63, 3.8) is 0 Å². The maximum absolute atomic E-state index is 5.92. The molecule has 0 amide bonds. The minimum atomic E-state index is 0.277. The van der Waals surface area contributed by atoms with Crippen LogP contribution in [-0.2, 0) is 6.54 Å². The summed E-state index contributed by atoms with van der Waals surface area (Å²) in [6.07, 6.45) is 3.12. The standard InChI is InChI=1S/C16H19N5O3/c17-16(18-9-14-20-15(24-21-14)10-2-3-10)19-11-4-5-12-13(8-11)23-7-1-6-22-12/h4-5,8,10H,1-3,6-7,9H2,(H3,17,18,19). The Balaban J connectivity index is 1.39. The molecule has 1 aliphatic heterocycles. The number of aliphatic imine (C=N–C) groups is 1. The number of benzene rings is 1. The monoisotopic (exact) mass is 329 g/mol. The normalized spacial score (nSPS) is 17.4. The Morgan fingerprint density at radius 1 is 1.25 bits per heavy atom. The fourth-order valence-corrected chi connectivity index (χ4v) is 2.41. The summed E-state index contributed by atoms with van der Waals surface area (Å²) in [5.41, 5.74) is 6.70. The van der Waals surface area contributed by atoms with Gasteiger partial charge in [0.1, 0.15) is 6.54 Å². The Hall–Kier alpha value is -2.77. The number of rotatable bonds is 4. The summed E-state index contributed by atoms with van der Waals surface area (Å²) < 4.78 is 16.4. The van der Waals surface area contributed by atoms with Gasteiger partial charge < -0.3 is 25.0 Å². The molecule has 0 spiro atoms. The van der Waals surface area contributed by atoms with E-state index >= 15 is 0 Å². The molecule has 24 heavy (non-hydrogen) atoms. The van der Waals surface area contributed by atoms with E-state index in [9.17, 15) is 0 Å². The number of aromatic nitrogens is 2. The zero-order valence-electron chi connectivity index (χ0n) is 13.2. The van der Waals surface area contributed by atoms with Crippen molar-refractivity contribution in [3.05, 3.63) is 29.9 Å². The quantitative estimate of drug-likeness (QED) is 0.652. The Morgan fingerprint density at radius 2 is 2.08 bits per heavy atom. The molecule has 0 atom stereocenters. The van der Waals surface area contributed by atoms with Gasteiger partial charge in [-0.15, -0.1) is 0 Å². The highest BCUT2D eigenvalue weighted by atomic mass is 16.5. The highest BCUT2D eigenvalue weighted by molar-refractivity contribution is 5.92. The topological polar surface area (TPSA) is 108 Å². The van der Waals surface area contributed by atoms with Gasteiger partial charge in [0, 0.05) is 24.1 Å². The number of fused-ring (bicyclic) bond motifs is 1. The van der Waals surface area contributed by atoms with Gasteiger partial charge in [-0.2, -0.15) is 4.98 Å². The van der Waals surface area contributed by atoms with Crippen LogP contribution < -0.4 is 20.5 Å². The number of nitrogens with zero attached hydrogens (tertiary/aromatic N) is 3. The molecule has 1 aliphatic carbocycles. The van der Waals surface area contributed by atoms with Crippen molar-refractivity contribution in [2.75, 3.05) is 18.5 Å². The van der Waals surface area contributed by atoms with Gasteiger partial charge in [0.25, 0.3) is 0 Å². The van der Waals surface area contributed by atoms with Crippen LogP contribution in [0.25, 0.3) is 0 Å². The molecular formula is C16H19N5O3. The zero-order valence-corrected chi connectivity index (χ0v) is 13.2. The minimum absolute atomic E-state index is 0.277. The first kappa shape index (κ1) is 14.8. The molecule has 2 heterocycles. The summed E-state index contributed by atoms with van der Waals surface area (Å²) in [6.45, 7) is 1.58. The fraction of sp³-hybridized carbons (Fsp3) is 0.438. The predicted octanol–water partition coefficient (Wildman–Crippen LogP) is 2.04. The number of anilines is 1. The van der Waals surface area contributed by atoms with Crippen molar-refractivity contribution in [1.82, 2.24) is 10.1 Å². The van der Waals surface area contributed by atoms with Crippen LogP contribution in [0.15, 0.2) is 27.7 Å². The highest BCUT2D eigenvalue weighted by Crippen LogP contribution is 2.38. The molecule has 0 saturated heterocycles. The van der Waals surface area contributed by atoms with Crippen LogP contribution in [0.2, 0.25) is 0 Å². The second-order valence-electron chi connectivity index (χ2n) is 5.86. The molecule has 1 aromatic carbocycles. The maximum Gasteiger partial charge on any atom is 0.229 e. The highest BCUT2D eigenvalue weighted by Gasteiger charge is 2.29. The first-order valence-corrected chi connectivity index (χ1v) is 8.07. The number of nitrogens with two attached hydrogens (primary N) is 1. The van der Waals surface area contributed by atoms with E-state index in [0.29, 0.717) is 36.6 Å². The molecule has 2 aliphatic rings. The smallest absolute Gasteiger partial charge is 0.229 e. The molecule has 0 unspecified atom stereocenters. The molecular weight excluding hydrogens is 310 g/mol. The molecule has 1 aromatic heterocycles. The van der Waals surface area contributed by atoms with Gasteiger partial charge in [-0.3, -0.25) is 0 Å². The van der Waals surface area contributed by atoms with Gasteiger partial charge in [0.2, 0.25) is 5.89 Å². The van der Waals surface area contributed by atoms with Crippen molar-refractivity contribution >= 4 is 11.6 Å². The average molecular weight is 329 g/mol. The molecule has 1 saturated carbocycles. The lowest BCUT2D eigenvalue weighted by Gasteiger charge is -2.10. The predicted molar refractivity (Wildman–Crippen MR) is 87.3 cm³/mol. The Bertz CT molecular complexity index is 754. The lowest BCUT2D eigenvalue weighted by Crippen LogP contribution is -2.22. The van der Waals surface area contributed by atoms with Crippen molar-refractivity contribution in [3.8, 4) is 11.5 Å². The molecule has 4 rings (SSSR count). The summed E-state index contributed by atoms with van der Waals surface area (Å²) >= 11 is 0. The van der Waals surface area contributed by atoms with Crippen molar-refractivity contribution in [2.24, 2.45) is 10.7 Å². The van der Waals surface area contributed by atoms with E-state index in [2.05, 4.69) is 20.4 Å². The Kier molecular flexibility index (Phi) is 3.94. The lowest BCUT2D eigenvalue weighted by molar-refractivity contribution is 0.297. The van der Waals surface area contributed by atoms with Crippen molar-refractivity contribution in [1.29, 1.82) is 0 Å². The molecule has 126 valence electrons. The van der Waals surface area contributed by atoms with Crippen LogP contribution in [0.3, 0.4) is 0 Å². The molecule has 0 radical (unpaired) electrons. The molecule has 2 aromatic rings. The SMILES string of the molecule is NC(=NCc1noc(C2CC2)n1)Nc1ccc2c(c1)OCCCO2. The summed E-state index contributed by atoms with van der Waals surface area (Å²) in [5.74, 6) is 3.41. The van der Waals surface area contributed by atoms with E-state index < -0.39 is 0 Å². The maximum atomic E-state index is 5.92. The molecule has 3 N–H and O–H groups in total. The van der Waals surface area contributed by atoms with E-state index in [1.807, 2.05) is 18.2 Å². The summed E-state index contributed by atoms with van der Waals surface area (Å²) in [7, 11) is 0. The first-order valence-electron chi connectivity index (χ1n) is 8.07. The van der Waals surface area contributed by atoms with Crippen molar-refractivity contribution in [2.45, 2.75) is 31.7 Å². The average Bonchev–Trinajstić information content (AvgIpc) is 3.36. The third-order valence-corrected chi connectivity index (χ3v) is 3.82. The number of hydrogen-bond acceptors (Lipinski definition) is 6. The van der Waals surface area contributed by atoms with Gasteiger partial charge in [0.05, 0.1) is 13.2 Å². The minimum Gasteiger partial charge on any atom is -0.490 e. The second kappa shape index (κ2) is 6.38. The summed E-state index contributed by atoms with van der Waals surface area (Å²) in [5, 5.41) is 6.94. The largest absolute Gasteiger partial charge is 0.490 e. The second-order valence-corrected chi connectivity index (χ2v) is 5.86. The molecule has 0 bridgehead atoms. The van der Waals surface area contributed by atoms with Gasteiger partial charge in [0.15, 0.2) is 23.3 Å². The van der Waals surface area contributed by atoms with E-state index in [-0.39, 0.29) is 12.5 Å². The van der Waals surface area contributed by atoms with E-state index in [4.69, 9.17) is 19.7 Å². The van der Waals surface area contributed by atoms with Crippen LogP contribution in [-0.4, -0.2) is 29.3 Å². The third-order valence-electron chi connectivity index (χ3n) is 3.82. The van der Waals surface area contributed by atoms with Crippen LogP contribution >= 0.6 is 0 Å². The van der Waals surface area contributed by atoms with Crippen LogP contribution in [0.4, 0.5) is 5.69 Å². The fourth-order valence-electron chi connectivity index (χ4n) is 2.41. The van der Waals surface area contributed by atoms with E-state index in [0.717, 1.165) is 30.7 Å². The van der Waals surface area contributed by atoms with Crippen LogP contribution in [0.1, 0.15) is 36.9 Å². The number of nitrogens with one attached hydrogen (secondary N) is 1. The first-order chi connectivity index (χ1) is 11.8.